The van der Waals surface area contributed by atoms with E-state index in [1.807, 2.05) is 49.4 Å². The van der Waals surface area contributed by atoms with Crippen LogP contribution in [-0.2, 0) is 4.79 Å². The number of aromatic nitrogens is 2. The van der Waals surface area contributed by atoms with Crippen LogP contribution in [0.5, 0.6) is 23.0 Å². The van der Waals surface area contributed by atoms with Crippen molar-refractivity contribution < 1.29 is 19.4 Å². The van der Waals surface area contributed by atoms with E-state index in [1.165, 1.54) is 6.07 Å². The van der Waals surface area contributed by atoms with Gasteiger partial charge in [-0.1, -0.05) is 30.3 Å². The molecule has 5 N–H and O–H groups in total. The SMILES string of the molecule is C/C(=N\N)c1ccc(NC(=O)COc2ccc(-c3n[nH]c(C)c3Oc3ccccc3)c(O)c2)cc1. The van der Waals surface area contributed by atoms with Gasteiger partial charge in [0.1, 0.15) is 22.9 Å². The summed E-state index contributed by atoms with van der Waals surface area (Å²) in [6.45, 7) is 3.41. The Balaban J connectivity index is 1.41. The molecule has 0 aliphatic heterocycles. The molecule has 0 fully saturated rings. The Kier molecular flexibility index (Phi) is 6.96. The van der Waals surface area contributed by atoms with Crippen molar-refractivity contribution >= 4 is 17.3 Å². The number of benzene rings is 3. The number of hydrogen-bond acceptors (Lipinski definition) is 7. The molecule has 0 atom stereocenters. The van der Waals surface area contributed by atoms with Gasteiger partial charge in [-0.15, -0.1) is 0 Å². The molecule has 0 aliphatic rings. The lowest BCUT2D eigenvalue weighted by atomic mass is 10.1. The summed E-state index contributed by atoms with van der Waals surface area (Å²) in [5.74, 6) is 6.39. The third kappa shape index (κ3) is 5.59. The summed E-state index contributed by atoms with van der Waals surface area (Å²) in [5, 5.41) is 24.2. The Labute approximate surface area is 202 Å². The number of amides is 1. The Hall–Kier alpha value is -4.79. The highest BCUT2D eigenvalue weighted by atomic mass is 16.5. The van der Waals surface area contributed by atoms with Gasteiger partial charge in [0, 0.05) is 17.3 Å². The number of carbonyl (C=O) groups is 1. The van der Waals surface area contributed by atoms with Crippen molar-refractivity contribution in [2.75, 3.05) is 11.9 Å². The van der Waals surface area contributed by atoms with Gasteiger partial charge < -0.3 is 25.7 Å². The summed E-state index contributed by atoms with van der Waals surface area (Å²) >= 11 is 0. The maximum Gasteiger partial charge on any atom is 0.262 e. The molecule has 4 rings (SSSR count). The molecule has 4 aromatic rings. The van der Waals surface area contributed by atoms with Gasteiger partial charge in [0.2, 0.25) is 0 Å². The van der Waals surface area contributed by atoms with Crippen LogP contribution in [0.1, 0.15) is 18.2 Å². The topological polar surface area (TPSA) is 135 Å². The minimum atomic E-state index is -0.341. The highest BCUT2D eigenvalue weighted by Gasteiger charge is 2.18. The standard InChI is InChI=1S/C26H25N5O4/c1-16(29-27)18-8-10-19(11-9-18)28-24(33)15-34-21-12-13-22(23(32)14-21)25-26(17(2)30-31-25)35-20-6-4-3-5-7-20/h3-14,32H,15,27H2,1-2H3,(H,28,33)(H,30,31)/b29-16+. The van der Waals surface area contributed by atoms with Crippen LogP contribution >= 0.6 is 0 Å². The number of anilines is 1. The first-order valence-electron chi connectivity index (χ1n) is 10.8. The molecule has 35 heavy (non-hydrogen) atoms. The number of aromatic amines is 1. The summed E-state index contributed by atoms with van der Waals surface area (Å²) in [7, 11) is 0. The van der Waals surface area contributed by atoms with Crippen molar-refractivity contribution in [2.45, 2.75) is 13.8 Å². The van der Waals surface area contributed by atoms with Gasteiger partial charge in [-0.25, -0.2) is 0 Å². The summed E-state index contributed by atoms with van der Waals surface area (Å²) < 4.78 is 11.5. The molecule has 1 aromatic heterocycles. The van der Waals surface area contributed by atoms with Crippen molar-refractivity contribution in [2.24, 2.45) is 10.9 Å². The lowest BCUT2D eigenvalue weighted by Crippen LogP contribution is -2.20. The van der Waals surface area contributed by atoms with E-state index in [0.29, 0.717) is 39.9 Å². The maximum atomic E-state index is 12.3. The third-order valence-electron chi connectivity index (χ3n) is 5.23. The fourth-order valence-corrected chi connectivity index (χ4v) is 3.35. The van der Waals surface area contributed by atoms with Crippen LogP contribution in [0.25, 0.3) is 11.3 Å². The van der Waals surface area contributed by atoms with Gasteiger partial charge in [-0.2, -0.15) is 10.2 Å². The highest BCUT2D eigenvalue weighted by molar-refractivity contribution is 5.99. The van der Waals surface area contributed by atoms with Crippen LogP contribution in [0.3, 0.4) is 0 Å². The molecule has 0 aliphatic carbocycles. The van der Waals surface area contributed by atoms with Gasteiger partial charge >= 0.3 is 0 Å². The molecule has 0 saturated heterocycles. The van der Waals surface area contributed by atoms with Crippen molar-refractivity contribution in [3.63, 3.8) is 0 Å². The first-order valence-corrected chi connectivity index (χ1v) is 10.8. The maximum absolute atomic E-state index is 12.3. The normalized spacial score (nSPS) is 11.2. The molecule has 9 heteroatoms. The van der Waals surface area contributed by atoms with E-state index < -0.39 is 0 Å². The Morgan fingerprint density at radius 3 is 2.51 bits per heavy atom. The van der Waals surface area contributed by atoms with E-state index in [-0.39, 0.29) is 18.3 Å². The molecule has 178 valence electrons. The number of phenols is 1. The fourth-order valence-electron chi connectivity index (χ4n) is 3.35. The molecule has 0 unspecified atom stereocenters. The van der Waals surface area contributed by atoms with Gasteiger partial charge in [0.15, 0.2) is 12.4 Å². The molecular formula is C26H25N5O4. The highest BCUT2D eigenvalue weighted by Crippen LogP contribution is 2.39. The smallest absolute Gasteiger partial charge is 0.262 e. The van der Waals surface area contributed by atoms with Crippen LogP contribution in [-0.4, -0.2) is 33.5 Å². The molecule has 0 spiro atoms. The molecule has 0 radical (unpaired) electrons. The number of hydrazone groups is 1. The average molecular weight is 472 g/mol. The molecule has 0 saturated carbocycles. The summed E-state index contributed by atoms with van der Waals surface area (Å²) in [6, 6.07) is 21.2. The zero-order valence-electron chi connectivity index (χ0n) is 19.3. The number of H-pyrrole nitrogens is 1. The Bertz CT molecular complexity index is 1350. The molecule has 1 heterocycles. The number of nitrogens with one attached hydrogen (secondary N) is 2. The molecule has 9 nitrogen and oxygen atoms in total. The number of rotatable bonds is 8. The van der Waals surface area contributed by atoms with E-state index in [2.05, 4.69) is 20.6 Å². The molecule has 1 amide bonds. The molecule has 0 bridgehead atoms. The minimum absolute atomic E-state index is 0.0557. The van der Waals surface area contributed by atoms with E-state index in [4.69, 9.17) is 15.3 Å². The van der Waals surface area contributed by atoms with Crippen molar-refractivity contribution in [3.05, 3.63) is 84.1 Å². The van der Waals surface area contributed by atoms with Gasteiger partial charge in [0.25, 0.3) is 5.91 Å². The van der Waals surface area contributed by atoms with Crippen LogP contribution in [0, 0.1) is 6.92 Å². The number of carbonyl (C=O) groups excluding carboxylic acids is 1. The number of aromatic hydroxyl groups is 1. The molecular weight excluding hydrogens is 446 g/mol. The zero-order valence-corrected chi connectivity index (χ0v) is 19.3. The minimum Gasteiger partial charge on any atom is -0.507 e. The van der Waals surface area contributed by atoms with Crippen LogP contribution in [0.4, 0.5) is 5.69 Å². The van der Waals surface area contributed by atoms with Gasteiger partial charge in [0.05, 0.1) is 11.4 Å². The van der Waals surface area contributed by atoms with Crippen LogP contribution in [0.2, 0.25) is 0 Å². The predicted molar refractivity (Wildman–Crippen MR) is 134 cm³/mol. The van der Waals surface area contributed by atoms with E-state index >= 15 is 0 Å². The van der Waals surface area contributed by atoms with Crippen molar-refractivity contribution in [1.82, 2.24) is 10.2 Å². The van der Waals surface area contributed by atoms with Crippen LogP contribution in [0.15, 0.2) is 77.9 Å². The first-order chi connectivity index (χ1) is 16.9. The van der Waals surface area contributed by atoms with E-state index in [0.717, 1.165) is 11.3 Å². The molecule has 3 aromatic carbocycles. The Morgan fingerprint density at radius 2 is 1.83 bits per heavy atom. The number of ether oxygens (including phenoxy) is 2. The summed E-state index contributed by atoms with van der Waals surface area (Å²) in [6.07, 6.45) is 0. The quantitative estimate of drug-likeness (QED) is 0.169. The zero-order chi connectivity index (χ0) is 24.8. The van der Waals surface area contributed by atoms with Gasteiger partial charge in [-0.3, -0.25) is 9.89 Å². The lowest BCUT2D eigenvalue weighted by Gasteiger charge is -2.11. The average Bonchev–Trinajstić information content (AvgIpc) is 3.23. The van der Waals surface area contributed by atoms with Crippen LogP contribution < -0.4 is 20.6 Å². The van der Waals surface area contributed by atoms with E-state index in [9.17, 15) is 9.90 Å². The number of aryl methyl sites for hydroxylation is 1. The number of phenolic OH excluding ortho intramolecular Hbond substituents is 1. The second-order valence-corrected chi connectivity index (χ2v) is 7.75. The van der Waals surface area contributed by atoms with Gasteiger partial charge in [-0.05, 0) is 55.8 Å². The monoisotopic (exact) mass is 471 g/mol. The third-order valence-corrected chi connectivity index (χ3v) is 5.23. The Morgan fingerprint density at radius 1 is 1.09 bits per heavy atom. The predicted octanol–water partition coefficient (Wildman–Crippen LogP) is 4.58. The lowest BCUT2D eigenvalue weighted by molar-refractivity contribution is -0.118. The number of nitrogens with zero attached hydrogens (tertiary/aromatic N) is 2. The summed E-state index contributed by atoms with van der Waals surface area (Å²) in [4.78, 5) is 12.3. The first kappa shape index (κ1) is 23.4. The largest absolute Gasteiger partial charge is 0.507 e. The second kappa shape index (κ2) is 10.4. The number of nitrogens with two attached hydrogens (primary N) is 1. The second-order valence-electron chi connectivity index (χ2n) is 7.75. The summed E-state index contributed by atoms with van der Waals surface area (Å²) in [5.41, 5.74) is 3.82. The van der Waals surface area contributed by atoms with Crippen molar-refractivity contribution in [1.29, 1.82) is 0 Å². The number of para-hydroxylation sites is 1. The number of hydrogen-bond donors (Lipinski definition) is 4. The fraction of sp³-hybridized carbons (Fsp3) is 0.115. The van der Waals surface area contributed by atoms with E-state index in [1.54, 1.807) is 31.2 Å². The van der Waals surface area contributed by atoms with Crippen molar-refractivity contribution in [3.8, 4) is 34.3 Å².